The summed E-state index contributed by atoms with van der Waals surface area (Å²) >= 11 is 24.3. The van der Waals surface area contributed by atoms with E-state index in [0.29, 0.717) is 58.0 Å². The first-order valence-corrected chi connectivity index (χ1v) is 31.2. The quantitative estimate of drug-likeness (QED) is 0.102. The molecule has 0 bridgehead atoms. The lowest BCUT2D eigenvalue weighted by Crippen LogP contribution is -2.28. The van der Waals surface area contributed by atoms with Crippen LogP contribution in [-0.4, -0.2) is 86.3 Å². The van der Waals surface area contributed by atoms with E-state index in [2.05, 4.69) is 95.9 Å². The monoisotopic (exact) mass is 1150 g/mol. The topological polar surface area (TPSA) is 80.8 Å². The second-order valence-corrected chi connectivity index (χ2v) is 27.9. The van der Waals surface area contributed by atoms with Gasteiger partial charge in [0.25, 0.3) is 11.8 Å². The highest BCUT2D eigenvalue weighted by molar-refractivity contribution is 8.27. The van der Waals surface area contributed by atoms with E-state index in [1.54, 1.807) is 66.9 Å². The number of amides is 2. The summed E-state index contributed by atoms with van der Waals surface area (Å²) in [4.78, 5) is 41.9. The summed E-state index contributed by atoms with van der Waals surface area (Å²) in [6.07, 6.45) is 15.7. The third-order valence-electron chi connectivity index (χ3n) is 13.6. The van der Waals surface area contributed by atoms with Crippen LogP contribution < -0.4 is 23.8 Å². The van der Waals surface area contributed by atoms with Gasteiger partial charge in [-0.05, 0) is 79.1 Å². The van der Waals surface area contributed by atoms with Crippen molar-refractivity contribution in [2.24, 2.45) is 0 Å². The maximum atomic E-state index is 13.0. The van der Waals surface area contributed by atoms with E-state index in [-0.39, 0.29) is 34.3 Å². The Balaban J connectivity index is 0.789. The number of hydrogen-bond acceptors (Lipinski definition) is 17. The first kappa shape index (κ1) is 47.0. The van der Waals surface area contributed by atoms with Gasteiger partial charge < -0.3 is 23.8 Å². The molecule has 2 aromatic carbocycles. The molecule has 0 N–H and O–H groups in total. The van der Waals surface area contributed by atoms with Gasteiger partial charge in [-0.15, -0.1) is 68.9 Å². The number of thiophene rings is 4. The first-order valence-electron chi connectivity index (χ1n) is 23.7. The number of thiocarbonyl (C=S) groups is 2. The third kappa shape index (κ3) is 7.89. The second-order valence-electron chi connectivity index (χ2n) is 17.8. The van der Waals surface area contributed by atoms with E-state index >= 15 is 0 Å². The van der Waals surface area contributed by atoms with Crippen LogP contribution in [-0.2, 0) is 9.59 Å². The average Bonchev–Trinajstić information content (AvgIpc) is 4.29. The summed E-state index contributed by atoms with van der Waals surface area (Å²) in [6.45, 7) is 7.02. The number of carbonyl (C=O) groups excluding carboxylic acids is 2. The molecule has 73 heavy (non-hydrogen) atoms. The van der Waals surface area contributed by atoms with Crippen molar-refractivity contribution in [2.75, 3.05) is 44.4 Å². The maximum Gasteiger partial charge on any atom is 0.266 e. The van der Waals surface area contributed by atoms with Crippen LogP contribution in [0.5, 0.6) is 23.0 Å². The molecule has 9 nitrogen and oxygen atoms in total. The number of fused-ring (bicyclic) bond motifs is 7. The normalized spacial score (nSPS) is 23.9. The van der Waals surface area contributed by atoms with Gasteiger partial charge in [0.15, 0.2) is 23.0 Å². The van der Waals surface area contributed by atoms with Crippen LogP contribution in [0, 0.1) is 0 Å². The number of benzene rings is 2. The maximum absolute atomic E-state index is 13.0. The van der Waals surface area contributed by atoms with E-state index < -0.39 is 0 Å². The van der Waals surface area contributed by atoms with Crippen molar-refractivity contribution in [2.45, 2.75) is 36.3 Å². The van der Waals surface area contributed by atoms with E-state index in [1.165, 1.54) is 49.1 Å². The van der Waals surface area contributed by atoms with Crippen LogP contribution >= 0.6 is 117 Å². The van der Waals surface area contributed by atoms with Crippen molar-refractivity contribution in [1.82, 2.24) is 9.80 Å². The summed E-state index contributed by atoms with van der Waals surface area (Å²) in [5, 5.41) is 0.498. The van der Waals surface area contributed by atoms with E-state index in [1.807, 2.05) is 37.8 Å². The number of thioether (sulfide) groups is 4. The fourth-order valence-corrected chi connectivity index (χ4v) is 21.0. The minimum absolute atomic E-state index is 0.00416. The van der Waals surface area contributed by atoms with Crippen molar-refractivity contribution < 1.29 is 28.5 Å². The number of carbonyl (C=O) groups is 2. The highest BCUT2D eigenvalue weighted by atomic mass is 32.2. The van der Waals surface area contributed by atoms with Crippen molar-refractivity contribution >= 4 is 175 Å². The van der Waals surface area contributed by atoms with Crippen molar-refractivity contribution in [3.05, 3.63) is 132 Å². The number of hydrogen-bond donors (Lipinski definition) is 0. The minimum atomic E-state index is -0.0218. The molecule has 14 rings (SSSR count). The highest BCUT2D eigenvalue weighted by Gasteiger charge is 2.42. The van der Waals surface area contributed by atoms with E-state index in [4.69, 9.17) is 43.4 Å². The summed E-state index contributed by atoms with van der Waals surface area (Å²) < 4.78 is 29.5. The van der Waals surface area contributed by atoms with Crippen molar-refractivity contribution in [1.29, 1.82) is 0 Å². The summed E-state index contributed by atoms with van der Waals surface area (Å²) in [5.74, 6) is 3.26. The third-order valence-corrected chi connectivity index (χ3v) is 24.0. The molecule has 4 atom stereocenters. The highest BCUT2D eigenvalue weighted by Crippen LogP contribution is 2.61. The molecule has 2 amide bonds. The molecular weight excluding hydrogens is 1110 g/mol. The van der Waals surface area contributed by atoms with Crippen molar-refractivity contribution in [3.8, 4) is 43.2 Å². The fourth-order valence-electron chi connectivity index (χ4n) is 10.3. The molecule has 4 unspecified atom stereocenters. The Morgan fingerprint density at radius 1 is 0.658 bits per heavy atom. The van der Waals surface area contributed by atoms with Crippen LogP contribution in [0.15, 0.2) is 112 Å². The van der Waals surface area contributed by atoms with Gasteiger partial charge in [-0.2, -0.15) is 0 Å². The van der Waals surface area contributed by atoms with Crippen LogP contribution in [0.1, 0.15) is 40.0 Å². The minimum Gasteiger partial charge on any atom is -0.485 e. The molecule has 2 fully saturated rings. The van der Waals surface area contributed by atoms with Crippen LogP contribution in [0.4, 0.5) is 11.4 Å². The molecule has 0 radical (unpaired) electrons. The van der Waals surface area contributed by atoms with Gasteiger partial charge in [0.05, 0.1) is 40.2 Å². The Bertz CT molecular complexity index is 3580. The van der Waals surface area contributed by atoms with Gasteiger partial charge in [-0.3, -0.25) is 19.4 Å². The van der Waals surface area contributed by atoms with Crippen LogP contribution in [0.2, 0.25) is 0 Å². The van der Waals surface area contributed by atoms with E-state index in [0.717, 1.165) is 74.0 Å². The van der Waals surface area contributed by atoms with E-state index in [9.17, 15) is 9.59 Å². The lowest BCUT2D eigenvalue weighted by molar-refractivity contribution is -0.122. The Morgan fingerprint density at radius 3 is 1.99 bits per heavy atom. The number of ether oxygens (including phenoxy) is 4. The SMILES string of the molecule is CCN1C(=O)/C(=C\C2=CC3SC(c4sc(C5=CC6c7cc(-c8sc(-c9cc%10sc(/C=C%11/SC(=S)N(CC)C%11=O)cc%10s9)c9c8OCCO9)ccc7N(c7ccccc7)C6C=C5)c5c4OCCO5)=CC3S2)SC1=S. The summed E-state index contributed by atoms with van der Waals surface area (Å²) in [6, 6.07) is 22.0. The lowest BCUT2D eigenvalue weighted by atomic mass is 9.87. The smallest absolute Gasteiger partial charge is 0.266 e. The fraction of sp³-hybridized carbons (Fsp3) is 0.222. The molecule has 4 aromatic heterocycles. The molecule has 1 aliphatic carbocycles. The Kier molecular flexibility index (Phi) is 12.0. The van der Waals surface area contributed by atoms with Gasteiger partial charge in [-0.25, -0.2) is 0 Å². The lowest BCUT2D eigenvalue weighted by Gasteiger charge is -2.29. The Morgan fingerprint density at radius 2 is 1.30 bits per heavy atom. The zero-order valence-corrected chi connectivity index (χ0v) is 46.9. The molecule has 2 saturated heterocycles. The Hall–Kier alpha value is -4.54. The number of rotatable bonds is 9. The largest absolute Gasteiger partial charge is 0.485 e. The van der Waals surface area contributed by atoms with Gasteiger partial charge in [0, 0.05) is 65.0 Å². The molecule has 6 aromatic rings. The number of para-hydroxylation sites is 1. The first-order chi connectivity index (χ1) is 35.7. The summed E-state index contributed by atoms with van der Waals surface area (Å²) in [5.41, 5.74) is 5.78. The number of allylic oxidation sites excluding steroid dienone is 3. The van der Waals surface area contributed by atoms with Gasteiger partial charge in [0.1, 0.15) is 35.1 Å². The van der Waals surface area contributed by atoms with Crippen molar-refractivity contribution in [3.63, 3.8) is 0 Å². The Labute approximate surface area is 464 Å². The van der Waals surface area contributed by atoms with Gasteiger partial charge in [0.2, 0.25) is 0 Å². The molecule has 0 saturated carbocycles. The van der Waals surface area contributed by atoms with Crippen LogP contribution in [0.25, 0.3) is 46.1 Å². The zero-order chi connectivity index (χ0) is 49.2. The molecule has 8 aliphatic rings. The number of nitrogens with zero attached hydrogens (tertiary/aromatic N) is 3. The van der Waals surface area contributed by atoms with Gasteiger partial charge in [-0.1, -0.05) is 103 Å². The average molecular weight is 1150 g/mol. The molecule has 11 heterocycles. The standard InChI is InChI=1S/C54H39N3O6S10/c1-3-55-51(58)41(70-53(55)64)22-29-20-35-37(66-29)24-39(68-35)49-45-43(60-14-16-62-45)47(72-49)26-10-12-33-31(18-26)32-19-27(11-13-34(32)57(33)28-8-6-5-7-9-28)48-44-46(63-17-15-61-44)50(73-48)40-25-38-36(69-40)21-30(67-38)23-42-52(59)56(4-2)54(65)71-42/h5-13,18-25,31,33,35,37H,3-4,14-17H2,1-2H3/b41-22+,42-23+. The molecule has 7 aliphatic heterocycles. The number of likely N-dealkylation sites (N-methyl/N-ethyl adjacent to an activating group) is 2. The molecule has 0 spiro atoms. The number of anilines is 2. The predicted octanol–water partition coefficient (Wildman–Crippen LogP) is 14.7. The predicted molar refractivity (Wildman–Crippen MR) is 317 cm³/mol. The zero-order valence-electron chi connectivity index (χ0n) is 38.7. The van der Waals surface area contributed by atoms with Crippen LogP contribution in [0.3, 0.4) is 0 Å². The van der Waals surface area contributed by atoms with Gasteiger partial charge >= 0.3 is 0 Å². The molecule has 19 heteroatoms. The molecule has 366 valence electrons. The molecular formula is C54H39N3O6S10. The summed E-state index contributed by atoms with van der Waals surface area (Å²) in [7, 11) is 0. The second kappa shape index (κ2) is 18.6.